The number of morpholine rings is 1. The van der Waals surface area contributed by atoms with Crippen LogP contribution >= 0.6 is 0 Å². The van der Waals surface area contributed by atoms with Gasteiger partial charge in [-0.2, -0.15) is 0 Å². The molecule has 2 heterocycles. The van der Waals surface area contributed by atoms with E-state index in [0.29, 0.717) is 30.9 Å². The van der Waals surface area contributed by atoms with Gasteiger partial charge in [0.15, 0.2) is 0 Å². The Labute approximate surface area is 118 Å². The summed E-state index contributed by atoms with van der Waals surface area (Å²) >= 11 is 0. The van der Waals surface area contributed by atoms with Crippen molar-refractivity contribution in [3.8, 4) is 11.8 Å². The maximum Gasteiger partial charge on any atom is 0.255 e. The first-order valence-electron chi connectivity index (χ1n) is 6.69. The highest BCUT2D eigenvalue weighted by Crippen LogP contribution is 2.15. The van der Waals surface area contributed by atoms with Gasteiger partial charge in [0.25, 0.3) is 5.91 Å². The van der Waals surface area contributed by atoms with Gasteiger partial charge in [-0.1, -0.05) is 18.8 Å². The predicted octanol–water partition coefficient (Wildman–Crippen LogP) is 0.676. The largest absolute Gasteiger partial charge is 0.384 e. The number of carbonyl (C=O) groups is 1. The molecule has 1 N–H and O–H groups in total. The number of hydrogen-bond donors (Lipinski definition) is 1. The summed E-state index contributed by atoms with van der Waals surface area (Å²) in [5.74, 6) is 5.27. The van der Waals surface area contributed by atoms with Crippen molar-refractivity contribution >= 4 is 5.91 Å². The van der Waals surface area contributed by atoms with Crippen LogP contribution in [0.5, 0.6) is 0 Å². The maximum absolute atomic E-state index is 12.5. The van der Waals surface area contributed by atoms with Crippen molar-refractivity contribution in [1.82, 2.24) is 9.88 Å². The summed E-state index contributed by atoms with van der Waals surface area (Å²) < 4.78 is 5.41. The van der Waals surface area contributed by atoms with Gasteiger partial charge in [0.1, 0.15) is 6.61 Å². The van der Waals surface area contributed by atoms with Gasteiger partial charge in [0.2, 0.25) is 0 Å². The van der Waals surface area contributed by atoms with Gasteiger partial charge in [0.05, 0.1) is 24.8 Å². The van der Waals surface area contributed by atoms with E-state index < -0.39 is 0 Å². The molecule has 2 rings (SSSR count). The van der Waals surface area contributed by atoms with Crippen LogP contribution in [0.25, 0.3) is 0 Å². The van der Waals surface area contributed by atoms with Crippen molar-refractivity contribution in [1.29, 1.82) is 0 Å². The Morgan fingerprint density at radius 1 is 1.60 bits per heavy atom. The molecule has 106 valence electrons. The summed E-state index contributed by atoms with van der Waals surface area (Å²) in [4.78, 5) is 18.4. The number of rotatable bonds is 2. The normalized spacial score (nSPS) is 18.3. The molecule has 0 bridgehead atoms. The molecule has 1 aromatic heterocycles. The minimum Gasteiger partial charge on any atom is -0.384 e. The van der Waals surface area contributed by atoms with Crippen molar-refractivity contribution < 1.29 is 14.6 Å². The lowest BCUT2D eigenvalue weighted by atomic mass is 10.1. The van der Waals surface area contributed by atoms with Crippen molar-refractivity contribution in [2.24, 2.45) is 0 Å². The molecule has 1 saturated heterocycles. The third kappa shape index (κ3) is 3.35. The fraction of sp³-hybridized carbons (Fsp3) is 0.467. The molecule has 1 aromatic rings. The average Bonchev–Trinajstić information content (AvgIpc) is 2.52. The van der Waals surface area contributed by atoms with Crippen LogP contribution in [0.3, 0.4) is 0 Å². The first-order chi connectivity index (χ1) is 9.76. The Hall–Kier alpha value is -1.90. The Morgan fingerprint density at radius 3 is 3.20 bits per heavy atom. The summed E-state index contributed by atoms with van der Waals surface area (Å²) in [5.41, 5.74) is 1.15. The van der Waals surface area contributed by atoms with Crippen LogP contribution < -0.4 is 0 Å². The van der Waals surface area contributed by atoms with Gasteiger partial charge < -0.3 is 14.7 Å². The Balaban J connectivity index is 2.19. The molecule has 1 aliphatic heterocycles. The lowest BCUT2D eigenvalue weighted by molar-refractivity contribution is -0.00282. The molecule has 0 spiro atoms. The Bertz CT molecular complexity index is 533. The molecule has 1 fully saturated rings. The minimum absolute atomic E-state index is 0.0414. The third-order valence-electron chi connectivity index (χ3n) is 3.26. The van der Waals surface area contributed by atoms with Gasteiger partial charge >= 0.3 is 0 Å². The van der Waals surface area contributed by atoms with Gasteiger partial charge in [-0.3, -0.25) is 9.78 Å². The lowest BCUT2D eigenvalue weighted by Crippen LogP contribution is -2.48. The van der Waals surface area contributed by atoms with Crippen molar-refractivity contribution in [2.75, 3.05) is 26.4 Å². The topological polar surface area (TPSA) is 62.7 Å². The number of ether oxygens (including phenoxy) is 1. The zero-order valence-corrected chi connectivity index (χ0v) is 11.5. The SMILES string of the molecule is CCC1COCCN1C(=O)c1cncc(C#CCO)c1. The van der Waals surface area contributed by atoms with Gasteiger partial charge in [-0.05, 0) is 12.5 Å². The van der Waals surface area contributed by atoms with E-state index in [4.69, 9.17) is 9.84 Å². The molecule has 1 amide bonds. The van der Waals surface area contributed by atoms with Crippen LogP contribution in [-0.2, 0) is 4.74 Å². The van der Waals surface area contributed by atoms with E-state index in [1.165, 1.54) is 0 Å². The standard InChI is InChI=1S/C15H18N2O3/c1-2-14-11-20-7-5-17(14)15(19)13-8-12(4-3-6-18)9-16-10-13/h8-10,14,18H,2,5-7,11H2,1H3. The number of aliphatic hydroxyl groups is 1. The second kappa shape index (κ2) is 7.04. The van der Waals surface area contributed by atoms with E-state index in [9.17, 15) is 4.79 Å². The summed E-state index contributed by atoms with van der Waals surface area (Å²) in [6.45, 7) is 3.59. The molecule has 1 unspecified atom stereocenters. The fourth-order valence-corrected chi connectivity index (χ4v) is 2.19. The second-order valence-electron chi connectivity index (χ2n) is 4.56. The van der Waals surface area contributed by atoms with Gasteiger partial charge in [0, 0.05) is 24.5 Å². The summed E-state index contributed by atoms with van der Waals surface area (Å²) in [7, 11) is 0. The molecule has 5 heteroatoms. The first-order valence-corrected chi connectivity index (χ1v) is 6.69. The van der Waals surface area contributed by atoms with E-state index in [1.807, 2.05) is 11.8 Å². The molecule has 0 aromatic carbocycles. The highest BCUT2D eigenvalue weighted by molar-refractivity contribution is 5.94. The van der Waals surface area contributed by atoms with Gasteiger partial charge in [-0.15, -0.1) is 0 Å². The smallest absolute Gasteiger partial charge is 0.255 e. The molecule has 5 nitrogen and oxygen atoms in total. The number of hydrogen-bond acceptors (Lipinski definition) is 4. The zero-order valence-electron chi connectivity index (χ0n) is 11.5. The molecule has 1 atom stereocenters. The number of pyridine rings is 1. The van der Waals surface area contributed by atoms with Crippen molar-refractivity contribution in [3.05, 3.63) is 29.6 Å². The lowest BCUT2D eigenvalue weighted by Gasteiger charge is -2.35. The number of nitrogens with zero attached hydrogens (tertiary/aromatic N) is 2. The van der Waals surface area contributed by atoms with E-state index >= 15 is 0 Å². The second-order valence-corrected chi connectivity index (χ2v) is 4.56. The third-order valence-corrected chi connectivity index (χ3v) is 3.26. The number of aromatic nitrogens is 1. The monoisotopic (exact) mass is 274 g/mol. The van der Waals surface area contributed by atoms with Crippen LogP contribution in [0.15, 0.2) is 18.5 Å². The Kier molecular flexibility index (Phi) is 5.10. The summed E-state index contributed by atoms with van der Waals surface area (Å²) in [6.07, 6.45) is 3.99. The highest BCUT2D eigenvalue weighted by Gasteiger charge is 2.26. The average molecular weight is 274 g/mol. The number of carbonyl (C=O) groups excluding carboxylic acids is 1. The molecule has 0 saturated carbocycles. The molecular weight excluding hydrogens is 256 g/mol. The minimum atomic E-state index is -0.209. The van der Waals surface area contributed by atoms with E-state index in [2.05, 4.69) is 16.8 Å². The van der Waals surface area contributed by atoms with E-state index in [-0.39, 0.29) is 18.6 Å². The maximum atomic E-state index is 12.5. The van der Waals surface area contributed by atoms with Crippen molar-refractivity contribution in [2.45, 2.75) is 19.4 Å². The van der Waals surface area contributed by atoms with Crippen LogP contribution in [0.2, 0.25) is 0 Å². The fourth-order valence-electron chi connectivity index (χ4n) is 2.19. The molecule has 1 aliphatic rings. The molecule has 20 heavy (non-hydrogen) atoms. The molecular formula is C15H18N2O3. The van der Waals surface area contributed by atoms with Crippen LogP contribution in [-0.4, -0.2) is 53.3 Å². The van der Waals surface area contributed by atoms with Crippen LogP contribution in [0.4, 0.5) is 0 Å². The molecule has 0 radical (unpaired) electrons. The van der Waals surface area contributed by atoms with Crippen molar-refractivity contribution in [3.63, 3.8) is 0 Å². The number of amides is 1. The van der Waals surface area contributed by atoms with Crippen LogP contribution in [0.1, 0.15) is 29.3 Å². The Morgan fingerprint density at radius 2 is 2.45 bits per heavy atom. The van der Waals surface area contributed by atoms with E-state index in [1.54, 1.807) is 18.5 Å². The van der Waals surface area contributed by atoms with Crippen LogP contribution in [0, 0.1) is 11.8 Å². The first kappa shape index (κ1) is 14.5. The van der Waals surface area contributed by atoms with E-state index in [0.717, 1.165) is 6.42 Å². The highest BCUT2D eigenvalue weighted by atomic mass is 16.5. The predicted molar refractivity (Wildman–Crippen MR) is 74.1 cm³/mol. The number of aliphatic hydroxyl groups excluding tert-OH is 1. The summed E-state index contributed by atoms with van der Waals surface area (Å²) in [5, 5.41) is 8.69. The van der Waals surface area contributed by atoms with Gasteiger partial charge in [-0.25, -0.2) is 0 Å². The summed E-state index contributed by atoms with van der Waals surface area (Å²) in [6, 6.07) is 1.82. The molecule has 0 aliphatic carbocycles. The quantitative estimate of drug-likeness (QED) is 0.805. The zero-order chi connectivity index (χ0) is 14.4.